The maximum Gasteiger partial charge on any atom is 0.209 e. The Hall–Kier alpha value is -3.32. The molecule has 1 aromatic heterocycles. The van der Waals surface area contributed by atoms with Crippen LogP contribution in [0.2, 0.25) is 0 Å². The summed E-state index contributed by atoms with van der Waals surface area (Å²) in [5.74, 6) is 0.490. The zero-order chi connectivity index (χ0) is 38.6. The van der Waals surface area contributed by atoms with Gasteiger partial charge in [-0.3, -0.25) is 4.90 Å². The van der Waals surface area contributed by atoms with Crippen molar-refractivity contribution in [2.75, 3.05) is 33.3 Å². The summed E-state index contributed by atoms with van der Waals surface area (Å²) in [7, 11) is 2.02. The van der Waals surface area contributed by atoms with Gasteiger partial charge in [-0.15, -0.1) is 11.3 Å². The van der Waals surface area contributed by atoms with Crippen molar-refractivity contribution in [2.24, 2.45) is 16.8 Å². The van der Waals surface area contributed by atoms with Gasteiger partial charge >= 0.3 is 0 Å². The van der Waals surface area contributed by atoms with Crippen LogP contribution < -0.4 is 5.32 Å². The fraction of sp³-hybridized carbons (Fsp3) is 0.591. The molecule has 53 heavy (non-hydrogen) atoms. The molecule has 3 heterocycles. The molecular weight excluding hydrogens is 685 g/mol. The van der Waals surface area contributed by atoms with Crippen LogP contribution in [-0.4, -0.2) is 66.4 Å². The highest BCUT2D eigenvalue weighted by Crippen LogP contribution is 2.44. The first kappa shape index (κ1) is 40.9. The van der Waals surface area contributed by atoms with Crippen LogP contribution >= 0.6 is 11.3 Å². The third kappa shape index (κ3) is 8.35. The molecule has 1 aromatic carbocycles. The lowest BCUT2D eigenvalue weighted by Crippen LogP contribution is -2.42. The maximum atomic E-state index is 17.6. The van der Waals surface area contributed by atoms with E-state index in [0.717, 1.165) is 62.3 Å². The summed E-state index contributed by atoms with van der Waals surface area (Å²) < 4.78 is 40.0. The van der Waals surface area contributed by atoms with Crippen molar-refractivity contribution < 1.29 is 13.5 Å². The minimum Gasteiger partial charge on any atom is -0.476 e. The first-order chi connectivity index (χ1) is 25.3. The Morgan fingerprint density at radius 2 is 1.92 bits per heavy atom. The molecular formula is C44H61F2N5OS. The molecule has 9 heteroatoms. The molecule has 5 rings (SSSR count). The van der Waals surface area contributed by atoms with E-state index in [-0.39, 0.29) is 23.2 Å². The van der Waals surface area contributed by atoms with Gasteiger partial charge in [-0.25, -0.2) is 13.8 Å². The molecule has 0 saturated carbocycles. The molecule has 3 aliphatic rings. The van der Waals surface area contributed by atoms with E-state index in [1.54, 1.807) is 12.1 Å². The van der Waals surface area contributed by atoms with E-state index in [1.165, 1.54) is 17.4 Å². The van der Waals surface area contributed by atoms with Crippen LogP contribution in [0, 0.1) is 29.0 Å². The molecule has 3 atom stereocenters. The van der Waals surface area contributed by atoms with Crippen molar-refractivity contribution in [1.82, 2.24) is 15.1 Å². The first-order valence-corrected chi connectivity index (χ1v) is 20.7. The predicted molar refractivity (Wildman–Crippen MR) is 218 cm³/mol. The maximum absolute atomic E-state index is 17.6. The van der Waals surface area contributed by atoms with Crippen LogP contribution in [0.5, 0.6) is 0 Å². The minimum absolute atomic E-state index is 0.0198. The molecule has 0 spiro atoms. The number of hydrogen-bond donors (Lipinski definition) is 1. The fourth-order valence-corrected chi connectivity index (χ4v) is 9.86. The van der Waals surface area contributed by atoms with Gasteiger partial charge in [0.25, 0.3) is 0 Å². The van der Waals surface area contributed by atoms with E-state index in [2.05, 4.69) is 62.7 Å². The number of thiophene rings is 1. The van der Waals surface area contributed by atoms with Crippen molar-refractivity contribution in [2.45, 2.75) is 124 Å². The second kappa shape index (κ2) is 17.4. The van der Waals surface area contributed by atoms with Crippen LogP contribution in [0.25, 0.3) is 15.7 Å². The Morgan fingerprint density at radius 1 is 1.17 bits per heavy atom. The van der Waals surface area contributed by atoms with E-state index in [4.69, 9.17) is 9.73 Å². The van der Waals surface area contributed by atoms with Crippen molar-refractivity contribution in [3.8, 4) is 6.07 Å². The van der Waals surface area contributed by atoms with Crippen molar-refractivity contribution in [1.29, 1.82) is 5.26 Å². The van der Waals surface area contributed by atoms with Crippen molar-refractivity contribution in [3.05, 3.63) is 75.2 Å². The SMILES string of the molecule is CC/C=C(/N=C1/C(F)=C(c2ccc(F)c3sc(C(C)C)c(C#N)c23)C=C/C1=C(/C)N(CC)C(CCC(C)C)C(C)C)OCC12CCCN1CC(NC)C2. The molecule has 2 aromatic rings. The number of aliphatic imine (C=N–C) groups is 1. The van der Waals surface area contributed by atoms with Crippen LogP contribution in [0.4, 0.5) is 8.78 Å². The number of fused-ring (bicyclic) bond motifs is 2. The third-order valence-corrected chi connectivity index (χ3v) is 13.0. The van der Waals surface area contributed by atoms with Gasteiger partial charge in [0, 0.05) is 52.3 Å². The average molecular weight is 746 g/mol. The Labute approximate surface area is 321 Å². The molecule has 2 saturated heterocycles. The highest BCUT2D eigenvalue weighted by Gasteiger charge is 2.48. The van der Waals surface area contributed by atoms with Crippen LogP contribution in [-0.2, 0) is 4.74 Å². The zero-order valence-electron chi connectivity index (χ0n) is 33.7. The van der Waals surface area contributed by atoms with Crippen LogP contribution in [0.15, 0.2) is 58.3 Å². The lowest BCUT2D eigenvalue weighted by molar-refractivity contribution is 0.0718. The van der Waals surface area contributed by atoms with Gasteiger partial charge in [-0.2, -0.15) is 5.26 Å². The largest absolute Gasteiger partial charge is 0.476 e. The van der Waals surface area contributed by atoms with Gasteiger partial charge in [-0.1, -0.05) is 66.7 Å². The number of nitriles is 1. The van der Waals surface area contributed by atoms with Gasteiger partial charge in [0.05, 0.1) is 15.8 Å². The number of hydrogen-bond acceptors (Lipinski definition) is 7. The Kier molecular flexibility index (Phi) is 13.4. The molecule has 1 N–H and O–H groups in total. The second-order valence-electron chi connectivity index (χ2n) is 16.2. The summed E-state index contributed by atoms with van der Waals surface area (Å²) in [6.45, 7) is 22.6. The van der Waals surface area contributed by atoms with Crippen molar-refractivity contribution in [3.63, 3.8) is 0 Å². The number of benzene rings is 1. The normalized spacial score (nSPS) is 23.2. The summed E-state index contributed by atoms with van der Waals surface area (Å²) in [6.07, 6.45) is 11.7. The molecule has 0 amide bonds. The number of nitrogens with one attached hydrogen (secondary N) is 1. The van der Waals surface area contributed by atoms with Gasteiger partial charge in [0.15, 0.2) is 5.83 Å². The van der Waals surface area contributed by atoms with Crippen LogP contribution in [0.1, 0.15) is 123 Å². The van der Waals surface area contributed by atoms with E-state index in [1.807, 2.05) is 40.0 Å². The van der Waals surface area contributed by atoms with Crippen molar-refractivity contribution >= 4 is 32.7 Å². The lowest BCUT2D eigenvalue weighted by Gasteiger charge is -2.38. The monoisotopic (exact) mass is 745 g/mol. The summed E-state index contributed by atoms with van der Waals surface area (Å²) in [4.78, 5) is 10.8. The number of halogens is 2. The van der Waals surface area contributed by atoms with Gasteiger partial charge < -0.3 is 15.0 Å². The zero-order valence-corrected chi connectivity index (χ0v) is 34.5. The lowest BCUT2D eigenvalue weighted by atomic mass is 9.89. The van der Waals surface area contributed by atoms with Gasteiger partial charge in [0.1, 0.15) is 24.2 Å². The minimum atomic E-state index is -0.502. The third-order valence-electron chi connectivity index (χ3n) is 11.5. The molecule has 6 nitrogen and oxygen atoms in total. The molecule has 288 valence electrons. The highest BCUT2D eigenvalue weighted by atomic mass is 32.1. The molecule has 1 aliphatic carbocycles. The summed E-state index contributed by atoms with van der Waals surface area (Å²) in [6, 6.07) is 6.01. The van der Waals surface area contributed by atoms with E-state index >= 15 is 8.78 Å². The smallest absolute Gasteiger partial charge is 0.209 e. The molecule has 3 unspecified atom stereocenters. The standard InChI is InChI=1S/C44H61F2N5OS/c1-11-14-38(52-26-44-21-13-22-50(44)25-31(23-44)48-10)49-41-32(30(9)51(12-2)37(28(5)6)20-15-27(3)4)16-17-34(40(41)46)33-18-19-36(45)43-39(33)35(24-47)42(53-43)29(7)8/h14,16-19,27-29,31,37,48H,11-13,15,20-23,25-26H2,1-10H3/b32-30+,38-14-,49-41+. The number of ether oxygens (including phenoxy) is 1. The molecule has 0 bridgehead atoms. The number of allylic oxidation sites excluding steroid dienone is 7. The van der Waals surface area contributed by atoms with Gasteiger partial charge in [-0.05, 0) is 101 Å². The van der Waals surface area contributed by atoms with E-state index in [0.29, 0.717) is 69.1 Å². The number of rotatable bonds is 15. The summed E-state index contributed by atoms with van der Waals surface area (Å²) in [5.41, 5.74) is 3.01. The van der Waals surface area contributed by atoms with E-state index < -0.39 is 11.6 Å². The predicted octanol–water partition coefficient (Wildman–Crippen LogP) is 10.9. The first-order valence-electron chi connectivity index (χ1n) is 19.9. The number of likely N-dealkylation sites (N-methyl/N-ethyl adjacent to an activating group) is 1. The molecule has 0 radical (unpaired) electrons. The Balaban J connectivity index is 1.68. The number of nitrogens with zero attached hydrogens (tertiary/aromatic N) is 4. The topological polar surface area (TPSA) is 63.9 Å². The van der Waals surface area contributed by atoms with E-state index in [9.17, 15) is 5.26 Å². The Morgan fingerprint density at radius 3 is 2.55 bits per heavy atom. The van der Waals surface area contributed by atoms with Crippen LogP contribution in [0.3, 0.4) is 0 Å². The quantitative estimate of drug-likeness (QED) is 0.184. The summed E-state index contributed by atoms with van der Waals surface area (Å²) >= 11 is 1.28. The summed E-state index contributed by atoms with van der Waals surface area (Å²) in [5, 5.41) is 14.3. The average Bonchev–Trinajstić information content (AvgIpc) is 3.81. The fourth-order valence-electron chi connectivity index (χ4n) is 8.68. The molecule has 2 fully saturated rings. The highest BCUT2D eigenvalue weighted by molar-refractivity contribution is 7.19. The molecule has 2 aliphatic heterocycles. The second-order valence-corrected chi connectivity index (χ2v) is 17.3. The van der Waals surface area contributed by atoms with Gasteiger partial charge in [0.2, 0.25) is 5.88 Å². The Bertz CT molecular complexity index is 1840.